The summed E-state index contributed by atoms with van der Waals surface area (Å²) in [6.45, 7) is 0. The molecule has 3 heteroatoms. The first-order valence-electron chi connectivity index (χ1n) is 3.91. The maximum Gasteiger partial charge on any atom is 0.126 e. The van der Waals surface area contributed by atoms with Crippen LogP contribution in [0.1, 0.15) is 17.2 Å². The van der Waals surface area contributed by atoms with Crippen LogP contribution in [0.3, 0.4) is 0 Å². The molecule has 2 nitrogen and oxygen atoms in total. The molecule has 2 atom stereocenters. The molecule has 0 amide bonds. The van der Waals surface area contributed by atoms with Crippen LogP contribution in [0.15, 0.2) is 18.2 Å². The second-order valence-corrected chi connectivity index (χ2v) is 3.12. The quantitative estimate of drug-likeness (QED) is 0.598. The molecule has 3 N–H and O–H groups in total. The van der Waals surface area contributed by atoms with Crippen molar-refractivity contribution in [3.05, 3.63) is 35.1 Å². The third-order valence-electron chi connectivity index (χ3n) is 2.32. The number of rotatable bonds is 0. The number of halogens is 1. The molecule has 0 saturated heterocycles. The van der Waals surface area contributed by atoms with Gasteiger partial charge in [0, 0.05) is 6.04 Å². The van der Waals surface area contributed by atoms with Crippen LogP contribution in [0, 0.1) is 5.82 Å². The van der Waals surface area contributed by atoms with E-state index >= 15 is 0 Å². The van der Waals surface area contributed by atoms with Crippen molar-refractivity contribution in [1.82, 2.24) is 0 Å². The van der Waals surface area contributed by atoms with Gasteiger partial charge in [-0.15, -0.1) is 0 Å². The molecule has 0 aliphatic heterocycles. The minimum absolute atomic E-state index is 0.264. The fourth-order valence-corrected chi connectivity index (χ4v) is 1.65. The summed E-state index contributed by atoms with van der Waals surface area (Å²) in [6.07, 6.45) is -0.265. The van der Waals surface area contributed by atoms with Crippen molar-refractivity contribution in [2.75, 3.05) is 0 Å². The maximum atomic E-state index is 13.1. The summed E-state index contributed by atoms with van der Waals surface area (Å²) < 4.78 is 13.1. The molecule has 1 aliphatic carbocycles. The lowest BCUT2D eigenvalue weighted by molar-refractivity contribution is 0.159. The molecule has 0 heterocycles. The van der Waals surface area contributed by atoms with Crippen LogP contribution in [0.25, 0.3) is 0 Å². The van der Waals surface area contributed by atoms with E-state index in [4.69, 9.17) is 5.73 Å². The Labute approximate surface area is 69.8 Å². The average Bonchev–Trinajstić information content (AvgIpc) is 2.32. The Bertz CT molecular complexity index is 313. The monoisotopic (exact) mass is 167 g/mol. The lowest BCUT2D eigenvalue weighted by Crippen LogP contribution is -2.24. The number of nitrogens with two attached hydrogens (primary N) is 1. The summed E-state index contributed by atoms with van der Waals surface area (Å²) in [6, 6.07) is 4.35. The van der Waals surface area contributed by atoms with E-state index in [0.717, 1.165) is 0 Å². The molecular formula is C9H10FNO. The Balaban J connectivity index is 2.53. The average molecular weight is 167 g/mol. The molecule has 1 aromatic carbocycles. The van der Waals surface area contributed by atoms with E-state index in [1.807, 2.05) is 0 Å². The molecule has 64 valence electrons. The maximum absolute atomic E-state index is 13.1. The number of benzene rings is 1. The summed E-state index contributed by atoms with van der Waals surface area (Å²) >= 11 is 0. The number of hydrogen-bond acceptors (Lipinski definition) is 2. The smallest absolute Gasteiger partial charge is 0.126 e. The van der Waals surface area contributed by atoms with Gasteiger partial charge in [-0.3, -0.25) is 0 Å². The van der Waals surface area contributed by atoms with E-state index in [2.05, 4.69) is 0 Å². The molecule has 12 heavy (non-hydrogen) atoms. The molecule has 0 saturated carbocycles. The van der Waals surface area contributed by atoms with Crippen LogP contribution in [0.5, 0.6) is 0 Å². The summed E-state index contributed by atoms with van der Waals surface area (Å²) in [5, 5.41) is 9.48. The Morgan fingerprint density at radius 2 is 2.25 bits per heavy atom. The zero-order chi connectivity index (χ0) is 8.72. The molecule has 0 unspecified atom stereocenters. The fourth-order valence-electron chi connectivity index (χ4n) is 1.65. The summed E-state index contributed by atoms with van der Waals surface area (Å²) in [5.41, 5.74) is 6.79. The van der Waals surface area contributed by atoms with Crippen LogP contribution in [-0.2, 0) is 6.42 Å². The van der Waals surface area contributed by atoms with Gasteiger partial charge < -0.3 is 10.8 Å². The van der Waals surface area contributed by atoms with Crippen LogP contribution >= 0.6 is 0 Å². The third kappa shape index (κ3) is 0.940. The Morgan fingerprint density at radius 3 is 2.92 bits per heavy atom. The molecular weight excluding hydrogens is 157 g/mol. The van der Waals surface area contributed by atoms with Crippen molar-refractivity contribution in [1.29, 1.82) is 0 Å². The van der Waals surface area contributed by atoms with Crippen molar-refractivity contribution in [2.24, 2.45) is 5.73 Å². The Hall–Kier alpha value is -0.930. The molecule has 1 aliphatic rings. The third-order valence-corrected chi connectivity index (χ3v) is 2.32. The Kier molecular flexibility index (Phi) is 1.63. The van der Waals surface area contributed by atoms with Gasteiger partial charge in [0.15, 0.2) is 0 Å². The summed E-state index contributed by atoms with van der Waals surface area (Å²) in [5.74, 6) is -0.264. The fraction of sp³-hybridized carbons (Fsp3) is 0.333. The highest BCUT2D eigenvalue weighted by Crippen LogP contribution is 2.31. The van der Waals surface area contributed by atoms with Gasteiger partial charge in [-0.25, -0.2) is 4.39 Å². The van der Waals surface area contributed by atoms with Gasteiger partial charge in [0.25, 0.3) is 0 Å². The van der Waals surface area contributed by atoms with Crippen LogP contribution in [-0.4, -0.2) is 11.1 Å². The predicted molar refractivity (Wildman–Crippen MR) is 43.0 cm³/mol. The van der Waals surface area contributed by atoms with Crippen LogP contribution in [0.2, 0.25) is 0 Å². The van der Waals surface area contributed by atoms with Gasteiger partial charge in [-0.2, -0.15) is 0 Å². The van der Waals surface area contributed by atoms with Crippen LogP contribution in [0.4, 0.5) is 4.39 Å². The molecule has 0 fully saturated rings. The molecule has 0 aromatic heterocycles. The number of hydrogen-bond donors (Lipinski definition) is 2. The summed E-state index contributed by atoms with van der Waals surface area (Å²) in [7, 11) is 0. The van der Waals surface area contributed by atoms with Crippen molar-refractivity contribution >= 4 is 0 Å². The van der Waals surface area contributed by atoms with Gasteiger partial charge in [0.1, 0.15) is 5.82 Å². The molecule has 0 radical (unpaired) electrons. The topological polar surface area (TPSA) is 46.2 Å². The van der Waals surface area contributed by atoms with E-state index in [-0.39, 0.29) is 11.9 Å². The van der Waals surface area contributed by atoms with Gasteiger partial charge in [-0.1, -0.05) is 12.1 Å². The van der Waals surface area contributed by atoms with Crippen molar-refractivity contribution in [2.45, 2.75) is 18.6 Å². The number of aliphatic hydroxyl groups is 1. The second-order valence-electron chi connectivity index (χ2n) is 3.12. The van der Waals surface area contributed by atoms with Crippen molar-refractivity contribution < 1.29 is 9.50 Å². The zero-order valence-electron chi connectivity index (χ0n) is 6.50. The highest BCUT2D eigenvalue weighted by Gasteiger charge is 2.29. The van der Waals surface area contributed by atoms with E-state index in [9.17, 15) is 9.50 Å². The first-order valence-corrected chi connectivity index (χ1v) is 3.91. The lowest BCUT2D eigenvalue weighted by Gasteiger charge is -2.07. The zero-order valence-corrected chi connectivity index (χ0v) is 6.50. The largest absolute Gasteiger partial charge is 0.387 e. The predicted octanol–water partition coefficient (Wildman–Crippen LogP) is 0.743. The number of aliphatic hydroxyl groups excluding tert-OH is 1. The minimum atomic E-state index is -0.698. The first-order chi connectivity index (χ1) is 5.70. The molecule has 2 rings (SSSR count). The van der Waals surface area contributed by atoms with E-state index in [0.29, 0.717) is 17.5 Å². The van der Waals surface area contributed by atoms with Crippen molar-refractivity contribution in [3.63, 3.8) is 0 Å². The van der Waals surface area contributed by atoms with E-state index < -0.39 is 6.10 Å². The lowest BCUT2D eigenvalue weighted by atomic mass is 10.1. The minimum Gasteiger partial charge on any atom is -0.387 e. The summed E-state index contributed by atoms with van der Waals surface area (Å²) in [4.78, 5) is 0. The standard InChI is InChI=1S/C9H10FNO/c10-7-3-1-2-5-6(7)4-8(11)9(5)12/h1-3,8-9,12H,4,11H2/t8-,9-/m1/s1. The van der Waals surface area contributed by atoms with Gasteiger partial charge in [-0.05, 0) is 23.6 Å². The van der Waals surface area contributed by atoms with Crippen molar-refractivity contribution in [3.8, 4) is 0 Å². The molecule has 0 bridgehead atoms. The van der Waals surface area contributed by atoms with E-state index in [1.54, 1.807) is 12.1 Å². The van der Waals surface area contributed by atoms with Crippen LogP contribution < -0.4 is 5.73 Å². The second kappa shape index (κ2) is 2.54. The SMILES string of the molecule is N[C@@H]1Cc2c(F)cccc2[C@H]1O. The van der Waals surface area contributed by atoms with E-state index in [1.165, 1.54) is 6.07 Å². The van der Waals surface area contributed by atoms with Gasteiger partial charge in [0.05, 0.1) is 6.10 Å². The Morgan fingerprint density at radius 1 is 1.50 bits per heavy atom. The molecule has 1 aromatic rings. The first kappa shape index (κ1) is 7.71. The van der Waals surface area contributed by atoms with Gasteiger partial charge in [0.2, 0.25) is 0 Å². The highest BCUT2D eigenvalue weighted by molar-refractivity contribution is 5.36. The highest BCUT2D eigenvalue weighted by atomic mass is 19.1. The normalized spacial score (nSPS) is 27.2. The molecule has 0 spiro atoms. The number of fused-ring (bicyclic) bond motifs is 1. The van der Waals surface area contributed by atoms with Gasteiger partial charge >= 0.3 is 0 Å².